The molecule has 0 saturated carbocycles. The number of fused-ring (bicyclic) bond motifs is 2. The Bertz CT molecular complexity index is 1920. The second kappa shape index (κ2) is 12.2. The maximum atomic E-state index is 14.2. The monoisotopic (exact) mass is 600 g/mol. The number of hydrogen-bond acceptors (Lipinski definition) is 8. The zero-order valence-corrected chi connectivity index (χ0v) is 25.3. The van der Waals surface area contributed by atoms with Crippen LogP contribution in [0.2, 0.25) is 0 Å². The Morgan fingerprint density at radius 1 is 1.09 bits per heavy atom. The molecular weight excluding hydrogens is 564 g/mol. The number of carbonyl (C=O) groups excluding carboxylic acids is 2. The molecule has 44 heavy (non-hydrogen) atoms. The maximum Gasteiger partial charge on any atom is 0.407 e. The molecule has 230 valence electrons. The van der Waals surface area contributed by atoms with Gasteiger partial charge in [0.1, 0.15) is 17.7 Å². The van der Waals surface area contributed by atoms with Crippen molar-refractivity contribution in [1.29, 1.82) is 0 Å². The molecule has 0 aliphatic carbocycles. The van der Waals surface area contributed by atoms with Gasteiger partial charge in [-0.25, -0.2) is 19.1 Å². The van der Waals surface area contributed by atoms with Crippen LogP contribution in [0.5, 0.6) is 0 Å². The second-order valence-corrected chi connectivity index (χ2v) is 11.7. The van der Waals surface area contributed by atoms with E-state index in [0.717, 1.165) is 28.4 Å². The summed E-state index contributed by atoms with van der Waals surface area (Å²) in [7, 11) is 0. The molecule has 0 unspecified atom stereocenters. The van der Waals surface area contributed by atoms with Gasteiger partial charge >= 0.3 is 6.09 Å². The molecule has 13 nitrogen and oxygen atoms in total. The SMILES string of the molecule is CC#CCn1c(N2CCC[C@@H](NC(=O)OC(C)(C)C)C2)nc2c(=O)n(CC(N)=O)n(Cc3ccc4ccccc4n3)c(=O)c21. The molecule has 3 N–H and O–H groups in total. The molecule has 1 aliphatic heterocycles. The zero-order chi connectivity index (χ0) is 31.6. The van der Waals surface area contributed by atoms with Gasteiger partial charge in [0, 0.05) is 24.5 Å². The number of nitrogens with zero attached hydrogens (tertiary/aromatic N) is 6. The number of para-hydroxylation sites is 1. The Morgan fingerprint density at radius 2 is 1.86 bits per heavy atom. The van der Waals surface area contributed by atoms with Gasteiger partial charge in [0.2, 0.25) is 11.9 Å². The molecule has 1 aromatic carbocycles. The Labute approximate surface area is 253 Å². The lowest BCUT2D eigenvalue weighted by Gasteiger charge is -2.34. The number of piperidine rings is 1. The van der Waals surface area contributed by atoms with Crippen LogP contribution in [0.3, 0.4) is 0 Å². The third kappa shape index (κ3) is 6.44. The van der Waals surface area contributed by atoms with E-state index in [1.165, 1.54) is 4.68 Å². The predicted octanol–water partition coefficient (Wildman–Crippen LogP) is 1.96. The second-order valence-electron chi connectivity index (χ2n) is 11.7. The molecule has 5 rings (SSSR count). The number of pyridine rings is 1. The third-order valence-electron chi connectivity index (χ3n) is 7.23. The quantitative estimate of drug-likeness (QED) is 0.305. The number of ether oxygens (including phenoxy) is 1. The smallest absolute Gasteiger partial charge is 0.407 e. The van der Waals surface area contributed by atoms with Crippen LogP contribution in [0.15, 0.2) is 46.0 Å². The van der Waals surface area contributed by atoms with Gasteiger partial charge < -0.3 is 20.7 Å². The fourth-order valence-electron chi connectivity index (χ4n) is 5.38. The van der Waals surface area contributed by atoms with E-state index in [1.54, 1.807) is 38.3 Å². The van der Waals surface area contributed by atoms with Gasteiger partial charge in [-0.05, 0) is 52.7 Å². The van der Waals surface area contributed by atoms with Gasteiger partial charge in [-0.3, -0.25) is 23.9 Å². The van der Waals surface area contributed by atoms with Crippen molar-refractivity contribution >= 4 is 39.9 Å². The van der Waals surface area contributed by atoms with E-state index in [-0.39, 0.29) is 30.2 Å². The number of nitrogens with two attached hydrogens (primary N) is 1. The fourth-order valence-corrected chi connectivity index (χ4v) is 5.38. The minimum Gasteiger partial charge on any atom is -0.444 e. The summed E-state index contributed by atoms with van der Waals surface area (Å²) in [6.45, 7) is 7.55. The van der Waals surface area contributed by atoms with E-state index < -0.39 is 35.3 Å². The van der Waals surface area contributed by atoms with Crippen molar-refractivity contribution in [3.05, 3.63) is 62.8 Å². The number of carbonyl (C=O) groups is 2. The minimum absolute atomic E-state index is 0.0662. The summed E-state index contributed by atoms with van der Waals surface area (Å²) in [5.41, 5.74) is 4.93. The van der Waals surface area contributed by atoms with Crippen LogP contribution in [0.1, 0.15) is 46.2 Å². The Morgan fingerprint density at radius 3 is 2.59 bits per heavy atom. The highest BCUT2D eigenvalue weighted by Gasteiger charge is 2.29. The van der Waals surface area contributed by atoms with Crippen LogP contribution in [0.4, 0.5) is 10.7 Å². The van der Waals surface area contributed by atoms with E-state index in [1.807, 2.05) is 35.2 Å². The molecule has 2 amide bonds. The van der Waals surface area contributed by atoms with Crippen LogP contribution in [0.25, 0.3) is 21.9 Å². The predicted molar refractivity (Wildman–Crippen MR) is 166 cm³/mol. The molecule has 0 radical (unpaired) electrons. The first kappa shape index (κ1) is 30.3. The molecule has 4 aromatic rings. The highest BCUT2D eigenvalue weighted by molar-refractivity contribution is 5.79. The van der Waals surface area contributed by atoms with Gasteiger partial charge in [-0.15, -0.1) is 5.92 Å². The molecule has 4 heterocycles. The lowest BCUT2D eigenvalue weighted by Crippen LogP contribution is -2.49. The summed E-state index contributed by atoms with van der Waals surface area (Å²) in [5.74, 6) is 5.43. The number of imidazole rings is 1. The summed E-state index contributed by atoms with van der Waals surface area (Å²) in [6.07, 6.45) is 0.934. The van der Waals surface area contributed by atoms with Gasteiger partial charge in [0.05, 0.1) is 24.3 Å². The van der Waals surface area contributed by atoms with Gasteiger partial charge in [0.25, 0.3) is 11.1 Å². The van der Waals surface area contributed by atoms with Gasteiger partial charge in [-0.2, -0.15) is 0 Å². The summed E-state index contributed by atoms with van der Waals surface area (Å²) in [5, 5.41) is 3.84. The summed E-state index contributed by atoms with van der Waals surface area (Å²) in [6, 6.07) is 11.0. The molecule has 13 heteroatoms. The standard InChI is InChI=1S/C31H36N8O5/c1-5-6-16-37-26-25(35-29(37)36-15-9-11-21(17-36)34-30(43)44-31(2,3)4)27(41)39(19-24(32)40)38(28(26)42)18-22-14-13-20-10-7-8-12-23(20)33-22/h7-8,10,12-14,21H,9,11,15-19H2,1-4H3,(H2,32,40)(H,34,43)/t21-/m1/s1. The first-order chi connectivity index (χ1) is 20.9. The molecule has 1 aliphatic rings. The van der Waals surface area contributed by atoms with Gasteiger partial charge in [-0.1, -0.05) is 30.2 Å². The molecular formula is C31H36N8O5. The number of benzene rings is 1. The largest absolute Gasteiger partial charge is 0.444 e. The Kier molecular flexibility index (Phi) is 8.44. The average Bonchev–Trinajstić information content (AvgIpc) is 3.35. The maximum absolute atomic E-state index is 14.2. The first-order valence-electron chi connectivity index (χ1n) is 14.5. The van der Waals surface area contributed by atoms with Crippen LogP contribution >= 0.6 is 0 Å². The van der Waals surface area contributed by atoms with Crippen molar-refractivity contribution in [2.24, 2.45) is 5.73 Å². The van der Waals surface area contributed by atoms with Crippen LogP contribution < -0.4 is 27.1 Å². The molecule has 1 saturated heterocycles. The molecule has 1 fully saturated rings. The highest BCUT2D eigenvalue weighted by Crippen LogP contribution is 2.23. The lowest BCUT2D eigenvalue weighted by molar-refractivity contribution is -0.119. The summed E-state index contributed by atoms with van der Waals surface area (Å²) < 4.78 is 9.28. The van der Waals surface area contributed by atoms with E-state index >= 15 is 0 Å². The number of anilines is 1. The number of rotatable bonds is 7. The molecule has 3 aromatic heterocycles. The van der Waals surface area contributed by atoms with Gasteiger partial charge in [0.15, 0.2) is 5.52 Å². The average molecular weight is 601 g/mol. The number of nitrogens with one attached hydrogen (secondary N) is 1. The van der Waals surface area contributed by atoms with Crippen molar-refractivity contribution in [3.8, 4) is 11.8 Å². The third-order valence-corrected chi connectivity index (χ3v) is 7.23. The molecule has 0 bridgehead atoms. The fraction of sp³-hybridized carbons (Fsp3) is 0.419. The number of amides is 2. The summed E-state index contributed by atoms with van der Waals surface area (Å²) in [4.78, 5) is 63.8. The number of aromatic nitrogens is 5. The highest BCUT2D eigenvalue weighted by atomic mass is 16.6. The van der Waals surface area contributed by atoms with Crippen molar-refractivity contribution in [2.45, 2.75) is 71.8 Å². The van der Waals surface area contributed by atoms with E-state index in [9.17, 15) is 19.2 Å². The van der Waals surface area contributed by atoms with Crippen molar-refractivity contribution in [3.63, 3.8) is 0 Å². The normalized spacial score (nSPS) is 15.2. The van der Waals surface area contributed by atoms with Crippen molar-refractivity contribution in [2.75, 3.05) is 18.0 Å². The Hall–Kier alpha value is -5.12. The van der Waals surface area contributed by atoms with E-state index in [4.69, 9.17) is 10.5 Å². The van der Waals surface area contributed by atoms with Crippen LogP contribution in [-0.2, 0) is 29.2 Å². The molecule has 0 spiro atoms. The topological polar surface area (TPSA) is 159 Å². The Balaban J connectivity index is 1.60. The van der Waals surface area contributed by atoms with Crippen molar-refractivity contribution in [1.82, 2.24) is 29.2 Å². The summed E-state index contributed by atoms with van der Waals surface area (Å²) >= 11 is 0. The van der Waals surface area contributed by atoms with E-state index in [0.29, 0.717) is 24.7 Å². The number of alkyl carbamates (subject to hydrolysis) is 1. The first-order valence-corrected chi connectivity index (χ1v) is 14.5. The number of primary amides is 1. The van der Waals surface area contributed by atoms with Crippen molar-refractivity contribution < 1.29 is 14.3 Å². The molecule has 1 atom stereocenters. The zero-order valence-electron chi connectivity index (χ0n) is 25.3. The minimum atomic E-state index is -0.783. The van der Waals surface area contributed by atoms with Crippen LogP contribution in [-0.4, -0.2) is 60.6 Å². The lowest BCUT2D eigenvalue weighted by atomic mass is 10.1. The van der Waals surface area contributed by atoms with E-state index in [2.05, 4.69) is 27.1 Å². The number of hydrogen-bond donors (Lipinski definition) is 2. The van der Waals surface area contributed by atoms with Crippen LogP contribution in [0, 0.1) is 11.8 Å².